The summed E-state index contributed by atoms with van der Waals surface area (Å²) in [5.41, 5.74) is 3.37. The second-order valence-corrected chi connectivity index (χ2v) is 8.55. The molecule has 0 saturated heterocycles. The van der Waals surface area contributed by atoms with E-state index in [-0.39, 0.29) is 17.8 Å². The van der Waals surface area contributed by atoms with Gasteiger partial charge in [-0.25, -0.2) is 4.79 Å². The highest BCUT2D eigenvalue weighted by atomic mass is 35.5. The fourth-order valence-corrected chi connectivity index (χ4v) is 4.22. The van der Waals surface area contributed by atoms with E-state index in [1.807, 2.05) is 25.1 Å². The maximum Gasteiger partial charge on any atom is 0.336 e. The summed E-state index contributed by atoms with van der Waals surface area (Å²) in [4.78, 5) is 26.0. The van der Waals surface area contributed by atoms with Gasteiger partial charge in [-0.05, 0) is 36.5 Å². The fourth-order valence-electron chi connectivity index (χ4n) is 4.02. The minimum Gasteiger partial charge on any atom is -0.460 e. The average molecular weight is 404 g/mol. The third-order valence-corrected chi connectivity index (χ3v) is 5.40. The number of ketones is 1. The maximum atomic E-state index is 13.1. The highest BCUT2D eigenvalue weighted by Crippen LogP contribution is 2.47. The summed E-state index contributed by atoms with van der Waals surface area (Å²) in [7, 11) is 1.55. The number of dihydropyridines is 1. The second-order valence-electron chi connectivity index (χ2n) is 8.11. The number of allylic oxidation sites excluding steroid dienone is 3. The zero-order valence-corrected chi connectivity index (χ0v) is 17.5. The number of hydrogen-bond donors (Lipinski definition) is 1. The summed E-state index contributed by atoms with van der Waals surface area (Å²) >= 11 is 6.22. The van der Waals surface area contributed by atoms with Gasteiger partial charge in [0.1, 0.15) is 6.61 Å². The molecule has 3 rings (SSSR count). The van der Waals surface area contributed by atoms with Gasteiger partial charge >= 0.3 is 5.97 Å². The van der Waals surface area contributed by atoms with E-state index in [2.05, 4.69) is 19.2 Å². The minimum absolute atomic E-state index is 0.0541. The summed E-state index contributed by atoms with van der Waals surface area (Å²) in [5, 5.41) is 3.88. The quantitative estimate of drug-likeness (QED) is 0.591. The Morgan fingerprint density at radius 3 is 2.71 bits per heavy atom. The van der Waals surface area contributed by atoms with Gasteiger partial charge < -0.3 is 14.8 Å². The Kier molecular flexibility index (Phi) is 5.96. The normalized spacial score (nSPS) is 21.3. The lowest BCUT2D eigenvalue weighted by molar-refractivity contribution is -0.140. The van der Waals surface area contributed by atoms with Crippen LogP contribution in [0, 0.1) is 5.41 Å². The van der Waals surface area contributed by atoms with E-state index < -0.39 is 11.9 Å². The highest BCUT2D eigenvalue weighted by Gasteiger charge is 2.43. The molecule has 0 radical (unpaired) electrons. The summed E-state index contributed by atoms with van der Waals surface area (Å²) in [6.45, 7) is 6.48. The van der Waals surface area contributed by atoms with Crippen LogP contribution in [0.1, 0.15) is 45.1 Å². The van der Waals surface area contributed by atoms with Gasteiger partial charge in [0.05, 0.1) is 12.2 Å². The molecule has 28 heavy (non-hydrogen) atoms. The van der Waals surface area contributed by atoms with E-state index in [1.165, 1.54) is 0 Å². The van der Waals surface area contributed by atoms with Crippen molar-refractivity contribution < 1.29 is 19.1 Å². The van der Waals surface area contributed by atoms with Gasteiger partial charge in [0, 0.05) is 41.4 Å². The predicted molar refractivity (Wildman–Crippen MR) is 108 cm³/mol. The Balaban J connectivity index is 2.09. The smallest absolute Gasteiger partial charge is 0.336 e. The Hall–Kier alpha value is -2.11. The van der Waals surface area contributed by atoms with Crippen molar-refractivity contribution in [3.63, 3.8) is 0 Å². The molecule has 1 aliphatic carbocycles. The van der Waals surface area contributed by atoms with Crippen molar-refractivity contribution in [2.45, 2.75) is 39.5 Å². The van der Waals surface area contributed by atoms with E-state index in [9.17, 15) is 9.59 Å². The van der Waals surface area contributed by atoms with Crippen molar-refractivity contribution >= 4 is 23.4 Å². The molecule has 150 valence electrons. The molecule has 0 amide bonds. The molecule has 0 fully saturated rings. The van der Waals surface area contributed by atoms with E-state index in [0.29, 0.717) is 34.9 Å². The van der Waals surface area contributed by atoms with Gasteiger partial charge in [0.15, 0.2) is 5.78 Å². The molecule has 1 atom stereocenters. The molecule has 5 nitrogen and oxygen atoms in total. The van der Waals surface area contributed by atoms with Crippen LogP contribution < -0.4 is 5.32 Å². The highest BCUT2D eigenvalue weighted by molar-refractivity contribution is 6.30. The number of ether oxygens (including phenoxy) is 2. The number of methoxy groups -OCH3 is 1. The number of carbonyl (C=O) groups excluding carboxylic acids is 2. The summed E-state index contributed by atoms with van der Waals surface area (Å²) in [5.74, 6) is -0.886. The van der Waals surface area contributed by atoms with E-state index in [1.54, 1.807) is 13.2 Å². The zero-order valence-electron chi connectivity index (χ0n) is 16.7. The lowest BCUT2D eigenvalue weighted by Gasteiger charge is -2.39. The number of hydrogen-bond acceptors (Lipinski definition) is 5. The van der Waals surface area contributed by atoms with Crippen molar-refractivity contribution in [3.8, 4) is 0 Å². The summed E-state index contributed by atoms with van der Waals surface area (Å²) in [6.07, 6.45) is 1.18. The standard InChI is InChI=1S/C22H26ClNO4/c1-13-18(21(26)28-9-8-27-4)19(14-6-5-7-15(23)10-14)20-16(24-13)11-22(2,3)12-17(20)25/h5-7,10,19,24H,8-9,11-12H2,1-4H3/t19-/m1/s1. The van der Waals surface area contributed by atoms with Gasteiger partial charge in [-0.3, -0.25) is 4.79 Å². The number of Topliss-reactive ketones (excluding diaryl/α,β-unsaturated/α-hetero) is 1. The number of rotatable bonds is 5. The topological polar surface area (TPSA) is 64.6 Å². The van der Waals surface area contributed by atoms with Gasteiger partial charge in [-0.15, -0.1) is 0 Å². The van der Waals surface area contributed by atoms with Crippen LogP contribution in [-0.4, -0.2) is 32.1 Å². The molecule has 0 bridgehead atoms. The lowest BCUT2D eigenvalue weighted by Crippen LogP contribution is -2.38. The van der Waals surface area contributed by atoms with Crippen LogP contribution in [0.3, 0.4) is 0 Å². The first-order chi connectivity index (χ1) is 13.2. The average Bonchev–Trinajstić information content (AvgIpc) is 2.59. The van der Waals surface area contributed by atoms with E-state index in [0.717, 1.165) is 17.7 Å². The summed E-state index contributed by atoms with van der Waals surface area (Å²) in [6, 6.07) is 7.32. The molecule has 2 aliphatic rings. The Labute approximate surface area is 170 Å². The third kappa shape index (κ3) is 4.15. The molecular formula is C22H26ClNO4. The van der Waals surface area contributed by atoms with Crippen molar-refractivity contribution in [2.75, 3.05) is 20.3 Å². The molecule has 0 saturated carbocycles. The van der Waals surface area contributed by atoms with Crippen molar-refractivity contribution in [2.24, 2.45) is 5.41 Å². The molecule has 1 aromatic carbocycles. The van der Waals surface area contributed by atoms with E-state index in [4.69, 9.17) is 21.1 Å². The fraction of sp³-hybridized carbons (Fsp3) is 0.455. The molecular weight excluding hydrogens is 378 g/mol. The van der Waals surface area contributed by atoms with Crippen LogP contribution in [-0.2, 0) is 19.1 Å². The molecule has 1 N–H and O–H groups in total. The molecule has 0 unspecified atom stereocenters. The molecule has 6 heteroatoms. The Bertz CT molecular complexity index is 869. The predicted octanol–water partition coefficient (Wildman–Crippen LogP) is 4.13. The van der Waals surface area contributed by atoms with Crippen LogP contribution in [0.5, 0.6) is 0 Å². The Morgan fingerprint density at radius 2 is 2.04 bits per heavy atom. The first-order valence-electron chi connectivity index (χ1n) is 9.39. The lowest BCUT2D eigenvalue weighted by atomic mass is 9.68. The van der Waals surface area contributed by atoms with Gasteiger partial charge in [0.2, 0.25) is 0 Å². The zero-order chi connectivity index (χ0) is 20.5. The monoisotopic (exact) mass is 403 g/mol. The van der Waals surface area contributed by atoms with Crippen LogP contribution in [0.2, 0.25) is 5.02 Å². The van der Waals surface area contributed by atoms with E-state index >= 15 is 0 Å². The molecule has 1 heterocycles. The molecule has 1 aliphatic heterocycles. The summed E-state index contributed by atoms with van der Waals surface area (Å²) < 4.78 is 10.4. The van der Waals surface area contributed by atoms with Crippen LogP contribution in [0.25, 0.3) is 0 Å². The number of esters is 1. The van der Waals surface area contributed by atoms with Gasteiger partial charge in [-0.2, -0.15) is 0 Å². The van der Waals surface area contributed by atoms with Crippen LogP contribution in [0.15, 0.2) is 46.8 Å². The van der Waals surface area contributed by atoms with Crippen molar-refractivity contribution in [1.29, 1.82) is 0 Å². The van der Waals surface area contributed by atoms with Gasteiger partial charge in [0.25, 0.3) is 0 Å². The Morgan fingerprint density at radius 1 is 1.29 bits per heavy atom. The first kappa shape index (κ1) is 20.6. The van der Waals surface area contributed by atoms with Crippen molar-refractivity contribution in [1.82, 2.24) is 5.32 Å². The second kappa shape index (κ2) is 8.10. The number of nitrogens with one attached hydrogen (secondary N) is 1. The molecule has 0 spiro atoms. The largest absolute Gasteiger partial charge is 0.460 e. The van der Waals surface area contributed by atoms with Crippen LogP contribution in [0.4, 0.5) is 0 Å². The number of benzene rings is 1. The first-order valence-corrected chi connectivity index (χ1v) is 9.77. The van der Waals surface area contributed by atoms with Gasteiger partial charge in [-0.1, -0.05) is 37.6 Å². The maximum absolute atomic E-state index is 13.1. The molecule has 0 aromatic heterocycles. The van der Waals surface area contributed by atoms with Crippen LogP contribution >= 0.6 is 11.6 Å². The third-order valence-electron chi connectivity index (χ3n) is 5.16. The number of halogens is 1. The van der Waals surface area contributed by atoms with Crippen molar-refractivity contribution in [3.05, 3.63) is 57.4 Å². The minimum atomic E-state index is -0.492. The SMILES string of the molecule is COCCOC(=O)C1=C(C)NC2=C(C(=O)CC(C)(C)C2)[C@@H]1c1cccc(Cl)c1. The number of carbonyl (C=O) groups is 2. The molecule has 1 aromatic rings.